The number of aromatic nitrogens is 1. The quantitative estimate of drug-likeness (QED) is 0.699. The summed E-state index contributed by atoms with van der Waals surface area (Å²) in [5.41, 5.74) is 4.39. The molecule has 30 heavy (non-hydrogen) atoms. The zero-order valence-corrected chi connectivity index (χ0v) is 17.8. The molecule has 1 fully saturated rings. The molecular formula is C24H28N4O2. The van der Waals surface area contributed by atoms with Crippen molar-refractivity contribution >= 4 is 11.6 Å². The van der Waals surface area contributed by atoms with Crippen LogP contribution in [0.3, 0.4) is 0 Å². The third kappa shape index (κ3) is 4.54. The van der Waals surface area contributed by atoms with E-state index in [0.29, 0.717) is 11.3 Å². The highest BCUT2D eigenvalue weighted by molar-refractivity contribution is 5.95. The fraction of sp³-hybridized carbons (Fsp3) is 0.333. The maximum Gasteiger partial charge on any atom is 0.251 e. The minimum atomic E-state index is -0.0876. The van der Waals surface area contributed by atoms with E-state index in [1.807, 2.05) is 50.2 Å². The Bertz CT molecular complexity index is 1020. The van der Waals surface area contributed by atoms with E-state index in [4.69, 9.17) is 4.52 Å². The van der Waals surface area contributed by atoms with E-state index in [2.05, 4.69) is 45.5 Å². The Kier molecular flexibility index (Phi) is 5.86. The molecule has 1 N–H and O–H groups in total. The summed E-state index contributed by atoms with van der Waals surface area (Å²) in [5.74, 6) is 0.633. The molecule has 0 unspecified atom stereocenters. The highest BCUT2D eigenvalue weighted by atomic mass is 16.5. The highest BCUT2D eigenvalue weighted by Gasteiger charge is 2.16. The van der Waals surface area contributed by atoms with Gasteiger partial charge in [-0.25, -0.2) is 0 Å². The lowest BCUT2D eigenvalue weighted by Crippen LogP contribution is -2.44. The standard InChI is InChI=1S/C24H28N4O2/c1-17(2)25-24(29)20-8-4-6-18(14-20)22-16-23(30-26-22)19-7-5-9-21(15-19)28-12-10-27(3)11-13-28/h4-9,14-17H,10-13H2,1-3H3,(H,25,29). The Morgan fingerprint density at radius 3 is 2.50 bits per heavy atom. The number of nitrogens with zero attached hydrogens (tertiary/aromatic N) is 3. The van der Waals surface area contributed by atoms with Gasteiger partial charge in [-0.05, 0) is 45.2 Å². The molecule has 1 aromatic heterocycles. The summed E-state index contributed by atoms with van der Waals surface area (Å²) in [6.07, 6.45) is 0. The number of benzene rings is 2. The lowest BCUT2D eigenvalue weighted by atomic mass is 10.1. The van der Waals surface area contributed by atoms with Crippen LogP contribution in [0, 0.1) is 0 Å². The van der Waals surface area contributed by atoms with Crippen molar-refractivity contribution in [2.24, 2.45) is 0 Å². The Morgan fingerprint density at radius 2 is 1.73 bits per heavy atom. The van der Waals surface area contributed by atoms with Crippen molar-refractivity contribution in [3.05, 3.63) is 60.2 Å². The number of carbonyl (C=O) groups excluding carboxylic acids is 1. The SMILES string of the molecule is CC(C)NC(=O)c1cccc(-c2cc(-c3cccc(N4CCN(C)CC4)c3)on2)c1. The molecule has 6 heteroatoms. The summed E-state index contributed by atoms with van der Waals surface area (Å²) in [4.78, 5) is 17.1. The fourth-order valence-corrected chi connectivity index (χ4v) is 3.63. The Balaban J connectivity index is 1.55. The molecule has 0 radical (unpaired) electrons. The fourth-order valence-electron chi connectivity index (χ4n) is 3.63. The van der Waals surface area contributed by atoms with Gasteiger partial charge in [0.15, 0.2) is 5.76 Å². The van der Waals surface area contributed by atoms with Gasteiger partial charge in [-0.1, -0.05) is 29.4 Å². The molecule has 0 saturated carbocycles. The van der Waals surface area contributed by atoms with E-state index in [-0.39, 0.29) is 11.9 Å². The minimum absolute atomic E-state index is 0.0876. The molecule has 1 saturated heterocycles. The van der Waals surface area contributed by atoms with E-state index in [1.165, 1.54) is 5.69 Å². The average molecular weight is 405 g/mol. The highest BCUT2D eigenvalue weighted by Crippen LogP contribution is 2.29. The Labute approximate surface area is 177 Å². The van der Waals surface area contributed by atoms with Crippen LogP contribution in [0.1, 0.15) is 24.2 Å². The van der Waals surface area contributed by atoms with Gasteiger partial charge in [0.2, 0.25) is 0 Å². The molecule has 3 aromatic rings. The van der Waals surface area contributed by atoms with E-state index in [0.717, 1.165) is 43.1 Å². The maximum atomic E-state index is 12.3. The second-order valence-electron chi connectivity index (χ2n) is 8.13. The van der Waals surface area contributed by atoms with Gasteiger partial charge in [0, 0.05) is 60.7 Å². The molecule has 1 amide bonds. The monoisotopic (exact) mass is 404 g/mol. The topological polar surface area (TPSA) is 61.6 Å². The van der Waals surface area contributed by atoms with Crippen molar-refractivity contribution in [2.75, 3.05) is 38.1 Å². The summed E-state index contributed by atoms with van der Waals surface area (Å²) in [6, 6.07) is 17.9. The number of rotatable bonds is 5. The summed E-state index contributed by atoms with van der Waals surface area (Å²) >= 11 is 0. The lowest BCUT2D eigenvalue weighted by molar-refractivity contribution is 0.0943. The number of likely N-dealkylation sites (N-methyl/N-ethyl adjacent to an activating group) is 1. The molecule has 1 aliphatic heterocycles. The molecule has 156 valence electrons. The second kappa shape index (κ2) is 8.71. The van der Waals surface area contributed by atoms with Crippen LogP contribution in [0.5, 0.6) is 0 Å². The van der Waals surface area contributed by atoms with Crippen LogP contribution < -0.4 is 10.2 Å². The van der Waals surface area contributed by atoms with Gasteiger partial charge < -0.3 is 19.6 Å². The van der Waals surface area contributed by atoms with Gasteiger partial charge in [0.1, 0.15) is 5.69 Å². The van der Waals surface area contributed by atoms with Crippen LogP contribution in [0.4, 0.5) is 5.69 Å². The molecular weight excluding hydrogens is 376 g/mol. The van der Waals surface area contributed by atoms with Crippen LogP contribution in [0.25, 0.3) is 22.6 Å². The van der Waals surface area contributed by atoms with Gasteiger partial charge in [-0.2, -0.15) is 0 Å². The lowest BCUT2D eigenvalue weighted by Gasteiger charge is -2.34. The Hall–Kier alpha value is -3.12. The third-order valence-electron chi connectivity index (χ3n) is 5.35. The molecule has 1 aliphatic rings. The van der Waals surface area contributed by atoms with Gasteiger partial charge in [0.25, 0.3) is 5.91 Å². The molecule has 2 heterocycles. The Morgan fingerprint density at radius 1 is 1.00 bits per heavy atom. The second-order valence-corrected chi connectivity index (χ2v) is 8.13. The first-order valence-electron chi connectivity index (χ1n) is 10.4. The number of hydrogen-bond acceptors (Lipinski definition) is 5. The molecule has 0 aliphatic carbocycles. The smallest absolute Gasteiger partial charge is 0.251 e. The van der Waals surface area contributed by atoms with Crippen molar-refractivity contribution < 1.29 is 9.32 Å². The molecule has 6 nitrogen and oxygen atoms in total. The van der Waals surface area contributed by atoms with Crippen molar-refractivity contribution in [3.8, 4) is 22.6 Å². The van der Waals surface area contributed by atoms with E-state index in [9.17, 15) is 4.79 Å². The van der Waals surface area contributed by atoms with Gasteiger partial charge in [-0.3, -0.25) is 4.79 Å². The molecule has 4 rings (SSSR count). The molecule has 0 bridgehead atoms. The van der Waals surface area contributed by atoms with Gasteiger partial charge in [0.05, 0.1) is 0 Å². The maximum absolute atomic E-state index is 12.3. The first-order valence-corrected chi connectivity index (χ1v) is 10.4. The normalized spacial score (nSPS) is 14.9. The van der Waals surface area contributed by atoms with E-state index >= 15 is 0 Å². The van der Waals surface area contributed by atoms with Crippen LogP contribution in [-0.2, 0) is 0 Å². The average Bonchev–Trinajstić information content (AvgIpc) is 3.24. The first kappa shape index (κ1) is 20.2. The number of piperazine rings is 1. The minimum Gasteiger partial charge on any atom is -0.369 e. The molecule has 0 spiro atoms. The van der Waals surface area contributed by atoms with Crippen LogP contribution >= 0.6 is 0 Å². The van der Waals surface area contributed by atoms with Gasteiger partial charge in [-0.15, -0.1) is 0 Å². The van der Waals surface area contributed by atoms with E-state index < -0.39 is 0 Å². The summed E-state index contributed by atoms with van der Waals surface area (Å²) < 4.78 is 5.65. The number of amides is 1. The third-order valence-corrected chi connectivity index (χ3v) is 5.35. The number of carbonyl (C=O) groups is 1. The van der Waals surface area contributed by atoms with Crippen LogP contribution in [0.2, 0.25) is 0 Å². The number of nitrogens with one attached hydrogen (secondary N) is 1. The van der Waals surface area contributed by atoms with Crippen LogP contribution in [0.15, 0.2) is 59.1 Å². The van der Waals surface area contributed by atoms with Crippen molar-refractivity contribution in [1.82, 2.24) is 15.4 Å². The first-order chi connectivity index (χ1) is 14.5. The zero-order valence-electron chi connectivity index (χ0n) is 17.8. The van der Waals surface area contributed by atoms with Crippen molar-refractivity contribution in [2.45, 2.75) is 19.9 Å². The molecule has 2 aromatic carbocycles. The van der Waals surface area contributed by atoms with Crippen molar-refractivity contribution in [1.29, 1.82) is 0 Å². The van der Waals surface area contributed by atoms with Crippen molar-refractivity contribution in [3.63, 3.8) is 0 Å². The number of hydrogen-bond donors (Lipinski definition) is 1. The predicted molar refractivity (Wildman–Crippen MR) is 120 cm³/mol. The largest absolute Gasteiger partial charge is 0.369 e. The van der Waals surface area contributed by atoms with Gasteiger partial charge >= 0.3 is 0 Å². The zero-order chi connectivity index (χ0) is 21.1. The number of anilines is 1. The van der Waals surface area contributed by atoms with Crippen LogP contribution in [-0.4, -0.2) is 55.2 Å². The predicted octanol–water partition coefficient (Wildman–Crippen LogP) is 3.90. The summed E-state index contributed by atoms with van der Waals surface area (Å²) in [6.45, 7) is 8.07. The molecule has 0 atom stereocenters. The van der Waals surface area contributed by atoms with E-state index in [1.54, 1.807) is 0 Å². The summed E-state index contributed by atoms with van der Waals surface area (Å²) in [5, 5.41) is 7.17. The summed E-state index contributed by atoms with van der Waals surface area (Å²) in [7, 11) is 2.16.